The van der Waals surface area contributed by atoms with Gasteiger partial charge in [-0.15, -0.1) is 0 Å². The molecule has 0 fully saturated rings. The molecular formula is C19H18Cl2N2O4. The maximum atomic E-state index is 12.6. The van der Waals surface area contributed by atoms with Crippen LogP contribution >= 0.6 is 23.2 Å². The zero-order valence-corrected chi connectivity index (χ0v) is 16.1. The Morgan fingerprint density at radius 3 is 2.81 bits per heavy atom. The van der Waals surface area contributed by atoms with Gasteiger partial charge in [0.25, 0.3) is 5.56 Å². The molecule has 142 valence electrons. The summed E-state index contributed by atoms with van der Waals surface area (Å²) >= 11 is 12.0. The average Bonchev–Trinajstić information content (AvgIpc) is 2.65. The second kappa shape index (κ2) is 8.71. The van der Waals surface area contributed by atoms with Crippen molar-refractivity contribution in [2.75, 3.05) is 13.7 Å². The fourth-order valence-corrected chi connectivity index (χ4v) is 3.27. The van der Waals surface area contributed by atoms with Crippen LogP contribution in [0.1, 0.15) is 5.56 Å². The van der Waals surface area contributed by atoms with E-state index >= 15 is 0 Å². The van der Waals surface area contributed by atoms with Crippen molar-refractivity contribution < 1.29 is 14.6 Å². The molecule has 0 spiro atoms. The lowest BCUT2D eigenvalue weighted by atomic mass is 10.2. The molecule has 0 amide bonds. The van der Waals surface area contributed by atoms with Crippen molar-refractivity contribution in [2.45, 2.75) is 19.3 Å². The molecule has 0 aliphatic carbocycles. The van der Waals surface area contributed by atoms with Crippen molar-refractivity contribution >= 4 is 34.1 Å². The Bertz CT molecular complexity index is 1010. The van der Waals surface area contributed by atoms with Crippen molar-refractivity contribution in [2.24, 2.45) is 0 Å². The van der Waals surface area contributed by atoms with Gasteiger partial charge in [0, 0.05) is 10.6 Å². The van der Waals surface area contributed by atoms with Gasteiger partial charge in [-0.05, 0) is 18.2 Å². The van der Waals surface area contributed by atoms with Crippen LogP contribution in [0.4, 0.5) is 0 Å². The van der Waals surface area contributed by atoms with Crippen molar-refractivity contribution in [3.8, 4) is 5.75 Å². The highest BCUT2D eigenvalue weighted by Gasteiger charge is 2.12. The van der Waals surface area contributed by atoms with Crippen molar-refractivity contribution in [3.63, 3.8) is 0 Å². The molecule has 0 radical (unpaired) electrons. The normalized spacial score (nSPS) is 12.3. The predicted octanol–water partition coefficient (Wildman–Crippen LogP) is 3.29. The number of benzene rings is 2. The first-order valence-corrected chi connectivity index (χ1v) is 8.97. The number of aliphatic hydroxyl groups is 1. The molecule has 1 atom stereocenters. The van der Waals surface area contributed by atoms with Crippen LogP contribution in [0.15, 0.2) is 47.5 Å². The standard InChI is InChI=1S/C19H18Cl2N2O4/c1-26-17-5-3-2-4-12(17)9-27-10-14(24)8-23-11-22-18-15(19(23)25)6-13(20)7-16(18)21/h2-7,11,14,24H,8-10H2,1H3. The highest BCUT2D eigenvalue weighted by atomic mass is 35.5. The van der Waals surface area contributed by atoms with Crippen molar-refractivity contribution in [1.82, 2.24) is 9.55 Å². The zero-order chi connectivity index (χ0) is 19.4. The van der Waals surface area contributed by atoms with Gasteiger partial charge in [0.1, 0.15) is 5.75 Å². The van der Waals surface area contributed by atoms with Gasteiger partial charge in [-0.2, -0.15) is 0 Å². The molecule has 1 heterocycles. The van der Waals surface area contributed by atoms with E-state index in [-0.39, 0.29) is 25.3 Å². The quantitative estimate of drug-likeness (QED) is 0.649. The number of aromatic nitrogens is 2. The van der Waals surface area contributed by atoms with E-state index in [9.17, 15) is 9.90 Å². The van der Waals surface area contributed by atoms with Crippen LogP contribution in [-0.4, -0.2) is 34.5 Å². The van der Waals surface area contributed by atoms with Gasteiger partial charge in [0.2, 0.25) is 0 Å². The highest BCUT2D eigenvalue weighted by molar-refractivity contribution is 6.38. The minimum absolute atomic E-state index is 0.0395. The largest absolute Gasteiger partial charge is 0.496 e. The first-order chi connectivity index (χ1) is 13.0. The van der Waals surface area contributed by atoms with E-state index < -0.39 is 6.10 Å². The van der Waals surface area contributed by atoms with Crippen LogP contribution < -0.4 is 10.3 Å². The average molecular weight is 409 g/mol. The molecule has 8 heteroatoms. The van der Waals surface area contributed by atoms with Gasteiger partial charge in [-0.25, -0.2) is 4.98 Å². The van der Waals surface area contributed by atoms with E-state index in [0.717, 1.165) is 11.3 Å². The minimum atomic E-state index is -0.883. The third kappa shape index (κ3) is 4.59. The lowest BCUT2D eigenvalue weighted by molar-refractivity contribution is 0.0192. The molecule has 2 aromatic carbocycles. The van der Waals surface area contributed by atoms with Gasteiger partial charge in [-0.3, -0.25) is 9.36 Å². The fourth-order valence-electron chi connectivity index (χ4n) is 2.73. The topological polar surface area (TPSA) is 73.6 Å². The van der Waals surface area contributed by atoms with Gasteiger partial charge < -0.3 is 14.6 Å². The Balaban J connectivity index is 1.66. The molecule has 1 aromatic heterocycles. The smallest absolute Gasteiger partial charge is 0.261 e. The summed E-state index contributed by atoms with van der Waals surface area (Å²) in [6.45, 7) is 0.383. The highest BCUT2D eigenvalue weighted by Crippen LogP contribution is 2.24. The van der Waals surface area contributed by atoms with Crippen LogP contribution in [0.2, 0.25) is 10.0 Å². The van der Waals surface area contributed by atoms with E-state index in [0.29, 0.717) is 20.9 Å². The number of para-hydroxylation sites is 1. The maximum Gasteiger partial charge on any atom is 0.261 e. The Morgan fingerprint density at radius 2 is 2.04 bits per heavy atom. The summed E-state index contributed by atoms with van der Waals surface area (Å²) in [6.07, 6.45) is 0.472. The Kier molecular flexibility index (Phi) is 6.34. The zero-order valence-electron chi connectivity index (χ0n) is 14.6. The molecule has 0 saturated heterocycles. The maximum absolute atomic E-state index is 12.6. The van der Waals surface area contributed by atoms with Gasteiger partial charge in [0.15, 0.2) is 0 Å². The van der Waals surface area contributed by atoms with Crippen LogP contribution in [0.5, 0.6) is 5.75 Å². The molecule has 1 N–H and O–H groups in total. The van der Waals surface area contributed by atoms with Crippen LogP contribution in [-0.2, 0) is 17.9 Å². The second-order valence-corrected chi connectivity index (χ2v) is 6.81. The third-order valence-electron chi connectivity index (χ3n) is 4.01. The fraction of sp³-hybridized carbons (Fsp3) is 0.263. The summed E-state index contributed by atoms with van der Waals surface area (Å²) in [6, 6.07) is 10.5. The molecule has 27 heavy (non-hydrogen) atoms. The van der Waals surface area contributed by atoms with Crippen LogP contribution in [0, 0.1) is 0 Å². The number of ether oxygens (including phenoxy) is 2. The predicted molar refractivity (Wildman–Crippen MR) is 105 cm³/mol. The van der Waals surface area contributed by atoms with Crippen LogP contribution in [0.3, 0.4) is 0 Å². The molecule has 3 rings (SSSR count). The lowest BCUT2D eigenvalue weighted by Crippen LogP contribution is -2.29. The summed E-state index contributed by atoms with van der Waals surface area (Å²) < 4.78 is 12.1. The number of nitrogens with zero attached hydrogens (tertiary/aromatic N) is 2. The number of fused-ring (bicyclic) bond motifs is 1. The Labute approximate surface area is 165 Å². The van der Waals surface area contributed by atoms with E-state index in [1.54, 1.807) is 7.11 Å². The molecule has 0 aliphatic heterocycles. The van der Waals surface area contributed by atoms with Crippen LogP contribution in [0.25, 0.3) is 10.9 Å². The van der Waals surface area contributed by atoms with E-state index in [1.165, 1.54) is 23.0 Å². The molecule has 1 unspecified atom stereocenters. The number of hydrogen-bond acceptors (Lipinski definition) is 5. The lowest BCUT2D eigenvalue weighted by Gasteiger charge is -2.14. The Morgan fingerprint density at radius 1 is 1.26 bits per heavy atom. The second-order valence-electron chi connectivity index (χ2n) is 5.97. The van der Waals surface area contributed by atoms with Gasteiger partial charge in [-0.1, -0.05) is 41.4 Å². The molecule has 0 saturated carbocycles. The Hall–Kier alpha value is -2.12. The third-order valence-corrected chi connectivity index (χ3v) is 4.52. The molecular weight excluding hydrogens is 391 g/mol. The summed E-state index contributed by atoms with van der Waals surface area (Å²) in [5.41, 5.74) is 0.929. The first-order valence-electron chi connectivity index (χ1n) is 8.21. The molecule has 0 bridgehead atoms. The summed E-state index contributed by atoms with van der Waals surface area (Å²) in [5.74, 6) is 0.718. The first kappa shape index (κ1) is 19.6. The molecule has 0 aliphatic rings. The summed E-state index contributed by atoms with van der Waals surface area (Å²) in [7, 11) is 1.59. The van der Waals surface area contributed by atoms with Crippen molar-refractivity contribution in [1.29, 1.82) is 0 Å². The summed E-state index contributed by atoms with van der Waals surface area (Å²) in [4.78, 5) is 16.8. The number of aliphatic hydroxyl groups excluding tert-OH is 1. The molecule has 3 aromatic rings. The number of hydrogen-bond donors (Lipinski definition) is 1. The number of halogens is 2. The van der Waals surface area contributed by atoms with Gasteiger partial charge in [0.05, 0.1) is 55.2 Å². The van der Waals surface area contributed by atoms with E-state index in [2.05, 4.69) is 4.98 Å². The summed E-state index contributed by atoms with van der Waals surface area (Å²) in [5, 5.41) is 11.2. The molecule has 6 nitrogen and oxygen atoms in total. The van der Waals surface area contributed by atoms with Gasteiger partial charge >= 0.3 is 0 Å². The minimum Gasteiger partial charge on any atom is -0.496 e. The number of methoxy groups -OCH3 is 1. The van der Waals surface area contributed by atoms with E-state index in [1.807, 2.05) is 24.3 Å². The number of rotatable bonds is 7. The van der Waals surface area contributed by atoms with E-state index in [4.69, 9.17) is 32.7 Å². The van der Waals surface area contributed by atoms with Crippen molar-refractivity contribution in [3.05, 3.63) is 68.7 Å². The monoisotopic (exact) mass is 408 g/mol. The SMILES string of the molecule is COc1ccccc1COCC(O)Cn1cnc2c(Cl)cc(Cl)cc2c1=O.